The molecule has 2 aromatic rings. The minimum absolute atomic E-state index is 0.158. The standard InChI is InChI=1S/C23H23NO5/c1-28-16-8-6-7-15(13-16)20(25)14-29-21-12-5-4-11-19(21)24-22(26)17-9-2-3-10-18(17)23(24)27/h4-8,11-13,17-18H,2-3,9-10,14H2,1H3/t17-,18+. The zero-order valence-electron chi connectivity index (χ0n) is 16.3. The van der Waals surface area contributed by atoms with Crippen LogP contribution in [0.4, 0.5) is 5.69 Å². The van der Waals surface area contributed by atoms with Crippen LogP contribution in [0.15, 0.2) is 48.5 Å². The summed E-state index contributed by atoms with van der Waals surface area (Å²) in [6.07, 6.45) is 3.45. The largest absolute Gasteiger partial charge is 0.497 e. The van der Waals surface area contributed by atoms with Crippen molar-refractivity contribution in [1.29, 1.82) is 0 Å². The van der Waals surface area contributed by atoms with Crippen molar-refractivity contribution in [1.82, 2.24) is 0 Å². The third-order valence-electron chi connectivity index (χ3n) is 5.70. The highest BCUT2D eigenvalue weighted by Gasteiger charge is 2.49. The quantitative estimate of drug-likeness (QED) is 0.553. The van der Waals surface area contributed by atoms with Crippen molar-refractivity contribution in [2.24, 2.45) is 11.8 Å². The number of ether oxygens (including phenoxy) is 2. The number of ketones is 1. The Morgan fingerprint density at radius 3 is 2.38 bits per heavy atom. The predicted octanol–water partition coefficient (Wildman–Crippen LogP) is 3.64. The molecule has 29 heavy (non-hydrogen) atoms. The predicted molar refractivity (Wildman–Crippen MR) is 107 cm³/mol. The van der Waals surface area contributed by atoms with Gasteiger partial charge in [-0.15, -0.1) is 0 Å². The van der Waals surface area contributed by atoms with E-state index in [1.54, 1.807) is 48.5 Å². The zero-order chi connectivity index (χ0) is 20.4. The van der Waals surface area contributed by atoms with Crippen molar-refractivity contribution in [2.75, 3.05) is 18.6 Å². The SMILES string of the molecule is COc1cccc(C(=O)COc2ccccc2N2C(=O)[C@H]3CCCC[C@H]3C2=O)c1. The Labute approximate surface area is 169 Å². The summed E-state index contributed by atoms with van der Waals surface area (Å²) < 4.78 is 10.9. The number of nitrogens with zero attached hydrogens (tertiary/aromatic N) is 1. The minimum Gasteiger partial charge on any atom is -0.497 e. The van der Waals surface area contributed by atoms with E-state index in [2.05, 4.69) is 0 Å². The van der Waals surface area contributed by atoms with Gasteiger partial charge in [-0.2, -0.15) is 0 Å². The highest BCUT2D eigenvalue weighted by Crippen LogP contribution is 2.42. The first kappa shape index (κ1) is 19.2. The molecule has 0 N–H and O–H groups in total. The van der Waals surface area contributed by atoms with Crippen LogP contribution in [0.3, 0.4) is 0 Å². The van der Waals surface area contributed by atoms with Crippen LogP contribution in [0.2, 0.25) is 0 Å². The first-order chi connectivity index (χ1) is 14.1. The Bertz CT molecular complexity index is 930. The molecule has 2 fully saturated rings. The van der Waals surface area contributed by atoms with Crippen molar-refractivity contribution >= 4 is 23.3 Å². The Kier molecular flexibility index (Phi) is 5.34. The molecular formula is C23H23NO5. The molecule has 6 heteroatoms. The second-order valence-corrected chi connectivity index (χ2v) is 7.42. The van der Waals surface area contributed by atoms with Gasteiger partial charge in [0, 0.05) is 5.56 Å². The number of anilines is 1. The van der Waals surface area contributed by atoms with Crippen molar-refractivity contribution in [3.63, 3.8) is 0 Å². The van der Waals surface area contributed by atoms with Crippen molar-refractivity contribution < 1.29 is 23.9 Å². The number of carbonyl (C=O) groups excluding carboxylic acids is 3. The number of hydrogen-bond donors (Lipinski definition) is 0. The average molecular weight is 393 g/mol. The third-order valence-corrected chi connectivity index (χ3v) is 5.70. The summed E-state index contributed by atoms with van der Waals surface area (Å²) in [5.74, 6) is -0.0576. The van der Waals surface area contributed by atoms with Gasteiger partial charge in [0.25, 0.3) is 0 Å². The molecule has 1 aliphatic carbocycles. The van der Waals surface area contributed by atoms with Gasteiger partial charge in [-0.1, -0.05) is 37.1 Å². The number of rotatable bonds is 6. The fourth-order valence-corrected chi connectivity index (χ4v) is 4.19. The molecule has 2 aliphatic rings. The van der Waals surface area contributed by atoms with Crippen LogP contribution in [0, 0.1) is 11.8 Å². The van der Waals surface area contributed by atoms with Crippen molar-refractivity contribution in [3.05, 3.63) is 54.1 Å². The van der Waals surface area contributed by atoms with Crippen LogP contribution in [-0.2, 0) is 9.59 Å². The highest BCUT2D eigenvalue weighted by atomic mass is 16.5. The zero-order valence-corrected chi connectivity index (χ0v) is 16.3. The van der Waals surface area contributed by atoms with Crippen molar-refractivity contribution in [2.45, 2.75) is 25.7 Å². The molecule has 0 aromatic heterocycles. The molecule has 2 atom stereocenters. The number of para-hydroxylation sites is 2. The Balaban J connectivity index is 1.54. The van der Waals surface area contributed by atoms with E-state index in [1.807, 2.05) is 0 Å². The average Bonchev–Trinajstić information content (AvgIpc) is 3.02. The molecule has 0 radical (unpaired) electrons. The van der Waals surface area contributed by atoms with Crippen molar-refractivity contribution in [3.8, 4) is 11.5 Å². The van der Waals surface area contributed by atoms with E-state index in [9.17, 15) is 14.4 Å². The summed E-state index contributed by atoms with van der Waals surface area (Å²) in [6.45, 7) is -0.201. The van der Waals surface area contributed by atoms with Gasteiger partial charge in [0.1, 0.15) is 11.5 Å². The molecule has 2 amide bonds. The van der Waals surface area contributed by atoms with E-state index in [-0.39, 0.29) is 36.0 Å². The van der Waals surface area contributed by atoms with Gasteiger partial charge < -0.3 is 9.47 Å². The van der Waals surface area contributed by atoms with Crippen LogP contribution in [0.1, 0.15) is 36.0 Å². The van der Waals surface area contributed by atoms with Gasteiger partial charge >= 0.3 is 0 Å². The Morgan fingerprint density at radius 2 is 1.69 bits per heavy atom. The van der Waals surface area contributed by atoms with Crippen LogP contribution >= 0.6 is 0 Å². The third kappa shape index (κ3) is 3.62. The molecule has 2 aromatic carbocycles. The molecule has 1 saturated carbocycles. The summed E-state index contributed by atoms with van der Waals surface area (Å²) in [5, 5.41) is 0. The van der Waals surface area contributed by atoms with E-state index in [1.165, 1.54) is 12.0 Å². The van der Waals surface area contributed by atoms with Gasteiger partial charge in [0.05, 0.1) is 24.6 Å². The van der Waals surface area contributed by atoms with Gasteiger partial charge in [-0.3, -0.25) is 14.4 Å². The minimum atomic E-state index is -0.234. The number of methoxy groups -OCH3 is 1. The normalized spacial score (nSPS) is 21.1. The summed E-state index contributed by atoms with van der Waals surface area (Å²) in [6, 6.07) is 13.7. The Hall–Kier alpha value is -3.15. The molecule has 1 aliphatic heterocycles. The number of amides is 2. The lowest BCUT2D eigenvalue weighted by molar-refractivity contribution is -0.122. The molecule has 0 unspecified atom stereocenters. The van der Waals surface area contributed by atoms with E-state index >= 15 is 0 Å². The number of imide groups is 1. The molecule has 1 heterocycles. The fraction of sp³-hybridized carbons (Fsp3) is 0.348. The number of fused-ring (bicyclic) bond motifs is 1. The summed E-state index contributed by atoms with van der Waals surface area (Å²) in [4.78, 5) is 39.6. The second kappa shape index (κ2) is 8.07. The summed E-state index contributed by atoms with van der Waals surface area (Å²) >= 11 is 0. The van der Waals surface area contributed by atoms with Crippen LogP contribution in [0.25, 0.3) is 0 Å². The monoisotopic (exact) mass is 393 g/mol. The highest BCUT2D eigenvalue weighted by molar-refractivity contribution is 6.22. The maximum atomic E-state index is 12.9. The van der Waals surface area contributed by atoms with Crippen LogP contribution in [0.5, 0.6) is 11.5 Å². The first-order valence-corrected chi connectivity index (χ1v) is 9.87. The molecule has 0 bridgehead atoms. The molecule has 4 rings (SSSR count). The van der Waals surface area contributed by atoms with E-state index in [0.717, 1.165) is 25.7 Å². The van der Waals surface area contributed by atoms with Gasteiger partial charge in [0.2, 0.25) is 11.8 Å². The lowest BCUT2D eigenvalue weighted by atomic mass is 9.81. The van der Waals surface area contributed by atoms with E-state index in [4.69, 9.17) is 9.47 Å². The van der Waals surface area contributed by atoms with Gasteiger partial charge in [-0.25, -0.2) is 4.90 Å². The number of carbonyl (C=O) groups is 3. The lowest BCUT2D eigenvalue weighted by Crippen LogP contribution is -2.31. The van der Waals surface area contributed by atoms with Gasteiger partial charge in [0.15, 0.2) is 12.4 Å². The number of Topliss-reactive ketones (excluding diaryl/α,β-unsaturated/α-hetero) is 1. The lowest BCUT2D eigenvalue weighted by Gasteiger charge is -2.19. The molecule has 1 saturated heterocycles. The summed E-state index contributed by atoms with van der Waals surface area (Å²) in [7, 11) is 1.54. The second-order valence-electron chi connectivity index (χ2n) is 7.42. The van der Waals surface area contributed by atoms with Gasteiger partial charge in [-0.05, 0) is 37.1 Å². The topological polar surface area (TPSA) is 72.9 Å². The van der Waals surface area contributed by atoms with Crippen LogP contribution < -0.4 is 14.4 Å². The smallest absolute Gasteiger partial charge is 0.237 e. The molecule has 0 spiro atoms. The molecule has 6 nitrogen and oxygen atoms in total. The number of hydrogen-bond acceptors (Lipinski definition) is 5. The number of benzene rings is 2. The van der Waals surface area contributed by atoms with E-state index in [0.29, 0.717) is 22.7 Å². The first-order valence-electron chi connectivity index (χ1n) is 9.87. The Morgan fingerprint density at radius 1 is 1.00 bits per heavy atom. The van der Waals surface area contributed by atoms with E-state index < -0.39 is 0 Å². The molecular weight excluding hydrogens is 370 g/mol. The fourth-order valence-electron chi connectivity index (χ4n) is 4.19. The summed E-state index contributed by atoms with van der Waals surface area (Å²) in [5.41, 5.74) is 0.886. The molecule has 150 valence electrons. The maximum absolute atomic E-state index is 12.9. The van der Waals surface area contributed by atoms with Crippen LogP contribution in [-0.4, -0.2) is 31.3 Å². The maximum Gasteiger partial charge on any atom is 0.237 e.